The Kier molecular flexibility index (Phi) is 8.46. The average molecular weight is 443 g/mol. The van der Waals surface area contributed by atoms with Crippen LogP contribution in [0.15, 0.2) is 34.6 Å². The number of alkyl halides is 3. The van der Waals surface area contributed by atoms with E-state index >= 15 is 0 Å². The molecule has 1 heterocycles. The Labute approximate surface area is 177 Å². The Bertz CT molecular complexity index is 849. The Hall–Kier alpha value is -2.82. The van der Waals surface area contributed by atoms with Crippen molar-refractivity contribution >= 4 is 29.0 Å². The summed E-state index contributed by atoms with van der Waals surface area (Å²) < 4.78 is 37.7. The second kappa shape index (κ2) is 10.8. The quantitative estimate of drug-likeness (QED) is 0.390. The van der Waals surface area contributed by atoms with E-state index in [4.69, 9.17) is 0 Å². The summed E-state index contributed by atoms with van der Waals surface area (Å²) in [6.45, 7) is 4.66. The lowest BCUT2D eigenvalue weighted by Crippen LogP contribution is -2.37. The normalized spacial score (nSPS) is 12.0. The van der Waals surface area contributed by atoms with Crippen LogP contribution in [0.5, 0.6) is 0 Å². The standard InChI is InChI=1S/C19H25F3N6OS/c1-12(2)26-18(29)27-14-6-4-13(5-7-14)10-25-17(23-3)24-9-8-16-28-15(11-30-16)19(20,21)22/h4-7,11-12H,8-10H2,1-3H3,(H2,23,24,25)(H2,26,27,29). The number of thiazole rings is 1. The van der Waals surface area contributed by atoms with E-state index < -0.39 is 11.9 Å². The molecule has 11 heteroatoms. The monoisotopic (exact) mass is 442 g/mol. The Balaban J connectivity index is 1.76. The van der Waals surface area contributed by atoms with E-state index in [0.29, 0.717) is 36.2 Å². The molecule has 0 fully saturated rings. The molecule has 0 aliphatic rings. The molecule has 164 valence electrons. The molecule has 0 bridgehead atoms. The first-order chi connectivity index (χ1) is 14.2. The number of carbonyl (C=O) groups is 1. The predicted molar refractivity (Wildman–Crippen MR) is 113 cm³/mol. The van der Waals surface area contributed by atoms with Crippen molar-refractivity contribution < 1.29 is 18.0 Å². The molecule has 30 heavy (non-hydrogen) atoms. The van der Waals surface area contributed by atoms with Gasteiger partial charge in [-0.2, -0.15) is 13.2 Å². The van der Waals surface area contributed by atoms with E-state index in [-0.39, 0.29) is 12.1 Å². The van der Waals surface area contributed by atoms with Gasteiger partial charge in [0.1, 0.15) is 0 Å². The van der Waals surface area contributed by atoms with Gasteiger partial charge in [0.15, 0.2) is 11.7 Å². The number of aliphatic imine (C=N–C) groups is 1. The number of hydrogen-bond acceptors (Lipinski definition) is 4. The molecule has 0 saturated carbocycles. The van der Waals surface area contributed by atoms with Gasteiger partial charge in [-0.3, -0.25) is 4.99 Å². The Morgan fingerprint density at radius 2 is 1.90 bits per heavy atom. The van der Waals surface area contributed by atoms with E-state index in [2.05, 4.69) is 31.2 Å². The van der Waals surface area contributed by atoms with Crippen molar-refractivity contribution in [2.75, 3.05) is 18.9 Å². The van der Waals surface area contributed by atoms with Crippen LogP contribution >= 0.6 is 11.3 Å². The molecule has 0 unspecified atom stereocenters. The maximum atomic E-state index is 12.6. The number of hydrogen-bond donors (Lipinski definition) is 4. The fourth-order valence-electron chi connectivity index (χ4n) is 2.39. The second-order valence-electron chi connectivity index (χ2n) is 6.68. The van der Waals surface area contributed by atoms with Crippen LogP contribution in [0.25, 0.3) is 0 Å². The highest BCUT2D eigenvalue weighted by atomic mass is 32.1. The maximum absolute atomic E-state index is 12.6. The van der Waals surface area contributed by atoms with Gasteiger partial charge in [0.25, 0.3) is 0 Å². The number of rotatable bonds is 7. The fourth-order valence-corrected chi connectivity index (χ4v) is 3.19. The van der Waals surface area contributed by atoms with Crippen LogP contribution in [0.2, 0.25) is 0 Å². The summed E-state index contributed by atoms with van der Waals surface area (Å²) in [5, 5.41) is 13.1. The third kappa shape index (κ3) is 7.90. The zero-order valence-corrected chi connectivity index (χ0v) is 17.7. The maximum Gasteiger partial charge on any atom is 0.434 e. The van der Waals surface area contributed by atoms with Crippen LogP contribution in [-0.4, -0.2) is 36.6 Å². The molecule has 0 saturated heterocycles. The number of halogens is 3. The SMILES string of the molecule is CN=C(NCCc1nc(C(F)(F)F)cs1)NCc1ccc(NC(=O)NC(C)C)cc1. The largest absolute Gasteiger partial charge is 0.434 e. The molecule has 1 aromatic heterocycles. The fraction of sp³-hybridized carbons (Fsp3) is 0.421. The highest BCUT2D eigenvalue weighted by Gasteiger charge is 2.33. The number of benzene rings is 1. The van der Waals surface area contributed by atoms with Gasteiger partial charge in [-0.05, 0) is 31.5 Å². The highest BCUT2D eigenvalue weighted by molar-refractivity contribution is 7.09. The van der Waals surface area contributed by atoms with Gasteiger partial charge >= 0.3 is 12.2 Å². The number of guanidine groups is 1. The van der Waals surface area contributed by atoms with Crippen molar-refractivity contribution in [3.8, 4) is 0 Å². The van der Waals surface area contributed by atoms with Gasteiger partial charge in [0, 0.05) is 43.7 Å². The molecule has 4 N–H and O–H groups in total. The second-order valence-corrected chi connectivity index (χ2v) is 7.62. The molecule has 0 radical (unpaired) electrons. The van der Waals surface area contributed by atoms with Gasteiger partial charge in [-0.25, -0.2) is 9.78 Å². The van der Waals surface area contributed by atoms with Gasteiger partial charge in [0.05, 0.1) is 5.01 Å². The van der Waals surface area contributed by atoms with Crippen LogP contribution in [0.1, 0.15) is 30.1 Å². The van der Waals surface area contributed by atoms with E-state index in [1.54, 1.807) is 19.2 Å². The number of nitrogens with one attached hydrogen (secondary N) is 4. The first-order valence-corrected chi connectivity index (χ1v) is 10.2. The van der Waals surface area contributed by atoms with Crippen LogP contribution in [-0.2, 0) is 19.1 Å². The minimum absolute atomic E-state index is 0.0509. The number of anilines is 1. The van der Waals surface area contributed by atoms with E-state index in [1.807, 2.05) is 26.0 Å². The molecule has 7 nitrogen and oxygen atoms in total. The molecule has 2 aromatic rings. The van der Waals surface area contributed by atoms with Crippen molar-refractivity contribution in [1.82, 2.24) is 20.9 Å². The Morgan fingerprint density at radius 1 is 1.20 bits per heavy atom. The van der Waals surface area contributed by atoms with Gasteiger partial charge in [0.2, 0.25) is 0 Å². The highest BCUT2D eigenvalue weighted by Crippen LogP contribution is 2.29. The summed E-state index contributed by atoms with van der Waals surface area (Å²) in [4.78, 5) is 19.4. The van der Waals surface area contributed by atoms with Crippen LogP contribution < -0.4 is 21.3 Å². The number of urea groups is 1. The zero-order valence-electron chi connectivity index (χ0n) is 16.9. The summed E-state index contributed by atoms with van der Waals surface area (Å²) in [5.41, 5.74) is 0.799. The van der Waals surface area contributed by atoms with E-state index in [9.17, 15) is 18.0 Å². The molecule has 2 rings (SSSR count). The molecular formula is C19H25F3N6OS. The minimum Gasteiger partial charge on any atom is -0.356 e. The lowest BCUT2D eigenvalue weighted by molar-refractivity contribution is -0.140. The molecule has 0 aliphatic heterocycles. The zero-order chi connectivity index (χ0) is 22.1. The topological polar surface area (TPSA) is 90.4 Å². The van der Waals surface area contributed by atoms with Crippen molar-refractivity contribution in [1.29, 1.82) is 0 Å². The van der Waals surface area contributed by atoms with E-state index in [0.717, 1.165) is 22.3 Å². The van der Waals surface area contributed by atoms with Crippen LogP contribution in [0.4, 0.5) is 23.7 Å². The first-order valence-electron chi connectivity index (χ1n) is 9.30. The first kappa shape index (κ1) is 23.5. The number of carbonyl (C=O) groups excluding carboxylic acids is 1. The van der Waals surface area contributed by atoms with Gasteiger partial charge < -0.3 is 21.3 Å². The smallest absolute Gasteiger partial charge is 0.356 e. The van der Waals surface area contributed by atoms with Crippen molar-refractivity contribution in [3.05, 3.63) is 45.9 Å². The van der Waals surface area contributed by atoms with E-state index in [1.165, 1.54) is 0 Å². The lowest BCUT2D eigenvalue weighted by Gasteiger charge is -2.12. The third-order valence-corrected chi connectivity index (χ3v) is 4.70. The lowest BCUT2D eigenvalue weighted by atomic mass is 10.2. The predicted octanol–water partition coefficient (Wildman–Crippen LogP) is 3.60. The van der Waals surface area contributed by atoms with Crippen molar-refractivity contribution in [3.63, 3.8) is 0 Å². The summed E-state index contributed by atoms with van der Waals surface area (Å²) in [6.07, 6.45) is -4.05. The van der Waals surface area contributed by atoms with Crippen molar-refractivity contribution in [2.45, 2.75) is 39.0 Å². The molecule has 2 amide bonds. The van der Waals surface area contributed by atoms with Gasteiger partial charge in [-0.1, -0.05) is 12.1 Å². The molecule has 0 atom stereocenters. The van der Waals surface area contributed by atoms with Crippen LogP contribution in [0, 0.1) is 0 Å². The number of aromatic nitrogens is 1. The Morgan fingerprint density at radius 3 is 2.47 bits per heavy atom. The molecule has 1 aromatic carbocycles. The van der Waals surface area contributed by atoms with Crippen LogP contribution in [0.3, 0.4) is 0 Å². The molecular weight excluding hydrogens is 417 g/mol. The molecule has 0 spiro atoms. The summed E-state index contributed by atoms with van der Waals surface area (Å²) in [6, 6.07) is 7.14. The summed E-state index contributed by atoms with van der Waals surface area (Å²) in [7, 11) is 1.61. The van der Waals surface area contributed by atoms with Crippen molar-refractivity contribution in [2.24, 2.45) is 4.99 Å². The van der Waals surface area contributed by atoms with Gasteiger partial charge in [-0.15, -0.1) is 11.3 Å². The summed E-state index contributed by atoms with van der Waals surface area (Å²) in [5.74, 6) is 0.529. The number of amides is 2. The average Bonchev–Trinajstić information content (AvgIpc) is 3.14. The number of nitrogens with zero attached hydrogens (tertiary/aromatic N) is 2. The molecule has 0 aliphatic carbocycles. The third-order valence-electron chi connectivity index (χ3n) is 3.79. The summed E-state index contributed by atoms with van der Waals surface area (Å²) >= 11 is 0.989. The minimum atomic E-state index is -4.41.